The molecule has 23 heavy (non-hydrogen) atoms. The predicted octanol–water partition coefficient (Wildman–Crippen LogP) is 0.980. The van der Waals surface area contributed by atoms with Gasteiger partial charge in [-0.3, -0.25) is 4.79 Å². The summed E-state index contributed by atoms with van der Waals surface area (Å²) < 4.78 is 1.97. The van der Waals surface area contributed by atoms with Crippen LogP contribution in [0.1, 0.15) is 18.7 Å². The van der Waals surface area contributed by atoms with Gasteiger partial charge in [-0.15, -0.1) is 0 Å². The number of hydrogen-bond acceptors (Lipinski definition) is 3. The summed E-state index contributed by atoms with van der Waals surface area (Å²) in [6.07, 6.45) is 1.55. The van der Waals surface area contributed by atoms with Crippen LogP contribution in [0.5, 0.6) is 0 Å². The third-order valence-corrected chi connectivity index (χ3v) is 4.39. The van der Waals surface area contributed by atoms with E-state index in [0.717, 1.165) is 29.7 Å². The summed E-state index contributed by atoms with van der Waals surface area (Å²) in [5, 5.41) is 2.88. The predicted molar refractivity (Wildman–Crippen MR) is 86.4 cm³/mol. The Morgan fingerprint density at radius 3 is 2.91 bits per heavy atom. The lowest BCUT2D eigenvalue weighted by atomic mass is 9.98. The SMILES string of the molecule is Cn1c(CNC(=O)N2CCC[C@@H](C(N)=O)C2)nc2ccccc21. The molecular weight excluding hydrogens is 294 g/mol. The van der Waals surface area contributed by atoms with Crippen LogP contribution < -0.4 is 11.1 Å². The molecule has 0 saturated carbocycles. The van der Waals surface area contributed by atoms with Gasteiger partial charge in [-0.25, -0.2) is 9.78 Å². The van der Waals surface area contributed by atoms with E-state index in [9.17, 15) is 9.59 Å². The lowest BCUT2D eigenvalue weighted by Crippen LogP contribution is -2.48. The van der Waals surface area contributed by atoms with Crippen LogP contribution in [0.25, 0.3) is 11.0 Å². The summed E-state index contributed by atoms with van der Waals surface area (Å²) >= 11 is 0. The van der Waals surface area contributed by atoms with Crippen molar-refractivity contribution in [1.82, 2.24) is 19.8 Å². The maximum Gasteiger partial charge on any atom is 0.317 e. The van der Waals surface area contributed by atoms with Crippen molar-refractivity contribution in [2.45, 2.75) is 19.4 Å². The van der Waals surface area contributed by atoms with E-state index in [4.69, 9.17) is 5.73 Å². The van der Waals surface area contributed by atoms with E-state index >= 15 is 0 Å². The first-order valence-corrected chi connectivity index (χ1v) is 7.78. The van der Waals surface area contributed by atoms with E-state index in [2.05, 4.69) is 10.3 Å². The number of primary amides is 1. The van der Waals surface area contributed by atoms with Crippen LogP contribution in [0, 0.1) is 5.92 Å². The highest BCUT2D eigenvalue weighted by molar-refractivity contribution is 5.79. The molecule has 7 heteroatoms. The number of amides is 3. The molecule has 1 fully saturated rings. The van der Waals surface area contributed by atoms with Gasteiger partial charge >= 0.3 is 6.03 Å². The number of carbonyl (C=O) groups excluding carboxylic acids is 2. The summed E-state index contributed by atoms with van der Waals surface area (Å²) in [5.74, 6) is 0.214. The molecule has 122 valence electrons. The van der Waals surface area contributed by atoms with E-state index in [-0.39, 0.29) is 17.9 Å². The Kier molecular flexibility index (Phi) is 4.18. The van der Waals surface area contributed by atoms with Gasteiger partial charge in [0.15, 0.2) is 0 Å². The van der Waals surface area contributed by atoms with Crippen LogP contribution in [0.15, 0.2) is 24.3 Å². The number of aryl methyl sites for hydroxylation is 1. The van der Waals surface area contributed by atoms with Gasteiger partial charge in [0.05, 0.1) is 23.5 Å². The lowest BCUT2D eigenvalue weighted by molar-refractivity contribution is -0.123. The van der Waals surface area contributed by atoms with Gasteiger partial charge in [0.1, 0.15) is 5.82 Å². The molecule has 0 radical (unpaired) electrons. The number of nitrogens with zero attached hydrogens (tertiary/aromatic N) is 3. The standard InChI is InChI=1S/C16H21N5O2/c1-20-13-7-3-2-6-12(13)19-14(20)9-18-16(23)21-8-4-5-11(10-21)15(17)22/h2-3,6-7,11H,4-5,8-10H2,1H3,(H2,17,22)(H,18,23)/t11-/m1/s1. The Labute approximate surface area is 134 Å². The molecule has 1 aromatic heterocycles. The van der Waals surface area contributed by atoms with Crippen molar-refractivity contribution in [2.24, 2.45) is 18.7 Å². The Balaban J connectivity index is 1.64. The molecular formula is C16H21N5O2. The number of likely N-dealkylation sites (tertiary alicyclic amines) is 1. The highest BCUT2D eigenvalue weighted by atomic mass is 16.2. The second-order valence-electron chi connectivity index (χ2n) is 5.92. The van der Waals surface area contributed by atoms with Crippen LogP contribution in [0.3, 0.4) is 0 Å². The largest absolute Gasteiger partial charge is 0.369 e. The number of benzene rings is 1. The molecule has 1 aliphatic heterocycles. The minimum absolute atomic E-state index is 0.178. The van der Waals surface area contributed by atoms with Gasteiger partial charge in [-0.1, -0.05) is 12.1 Å². The number of piperidine rings is 1. The quantitative estimate of drug-likeness (QED) is 0.884. The Bertz CT molecular complexity index is 739. The van der Waals surface area contributed by atoms with Gasteiger partial charge in [-0.05, 0) is 25.0 Å². The highest BCUT2D eigenvalue weighted by Crippen LogP contribution is 2.17. The van der Waals surface area contributed by atoms with E-state index in [1.165, 1.54) is 0 Å². The molecule has 1 aromatic carbocycles. The van der Waals surface area contributed by atoms with Gasteiger partial charge in [-0.2, -0.15) is 0 Å². The molecule has 0 unspecified atom stereocenters. The first kappa shape index (κ1) is 15.3. The second kappa shape index (κ2) is 6.28. The smallest absolute Gasteiger partial charge is 0.317 e. The summed E-state index contributed by atoms with van der Waals surface area (Å²) in [7, 11) is 1.93. The summed E-state index contributed by atoms with van der Waals surface area (Å²) in [5.41, 5.74) is 7.29. The van der Waals surface area contributed by atoms with Crippen molar-refractivity contribution in [2.75, 3.05) is 13.1 Å². The van der Waals surface area contributed by atoms with E-state index < -0.39 is 0 Å². The molecule has 0 bridgehead atoms. The molecule has 3 rings (SSSR count). The number of urea groups is 1. The zero-order chi connectivity index (χ0) is 16.4. The molecule has 3 amide bonds. The average Bonchev–Trinajstić information content (AvgIpc) is 2.89. The molecule has 1 atom stereocenters. The average molecular weight is 315 g/mol. The third kappa shape index (κ3) is 3.13. The van der Waals surface area contributed by atoms with Crippen LogP contribution in [0.4, 0.5) is 4.79 Å². The summed E-state index contributed by atoms with van der Waals surface area (Å²) in [6.45, 7) is 1.39. The van der Waals surface area contributed by atoms with Crippen molar-refractivity contribution in [1.29, 1.82) is 0 Å². The molecule has 0 aliphatic carbocycles. The number of para-hydroxylation sites is 2. The number of nitrogens with one attached hydrogen (secondary N) is 1. The first-order chi connectivity index (χ1) is 11.1. The van der Waals surface area contributed by atoms with Crippen LogP contribution >= 0.6 is 0 Å². The molecule has 2 aromatic rings. The van der Waals surface area contributed by atoms with Gasteiger partial charge < -0.3 is 20.5 Å². The van der Waals surface area contributed by atoms with E-state index in [0.29, 0.717) is 19.6 Å². The van der Waals surface area contributed by atoms with Crippen LogP contribution in [-0.2, 0) is 18.4 Å². The Hall–Kier alpha value is -2.57. The molecule has 1 aliphatic rings. The normalized spacial score (nSPS) is 18.1. The fourth-order valence-corrected chi connectivity index (χ4v) is 3.01. The van der Waals surface area contributed by atoms with Gasteiger partial charge in [0.2, 0.25) is 5.91 Å². The monoisotopic (exact) mass is 315 g/mol. The fraction of sp³-hybridized carbons (Fsp3) is 0.438. The summed E-state index contributed by atoms with van der Waals surface area (Å²) in [4.78, 5) is 29.8. The van der Waals surface area contributed by atoms with Crippen molar-refractivity contribution in [3.8, 4) is 0 Å². The number of carbonyl (C=O) groups is 2. The van der Waals surface area contributed by atoms with Crippen molar-refractivity contribution >= 4 is 23.0 Å². The van der Waals surface area contributed by atoms with Crippen LogP contribution in [0.2, 0.25) is 0 Å². The topological polar surface area (TPSA) is 93.3 Å². The zero-order valence-corrected chi connectivity index (χ0v) is 13.2. The number of fused-ring (bicyclic) bond motifs is 1. The minimum Gasteiger partial charge on any atom is -0.369 e. The highest BCUT2D eigenvalue weighted by Gasteiger charge is 2.26. The van der Waals surface area contributed by atoms with E-state index in [1.807, 2.05) is 35.9 Å². The Morgan fingerprint density at radius 1 is 1.39 bits per heavy atom. The van der Waals surface area contributed by atoms with Gasteiger partial charge in [0.25, 0.3) is 0 Å². The zero-order valence-electron chi connectivity index (χ0n) is 13.2. The number of nitrogens with two attached hydrogens (primary N) is 1. The van der Waals surface area contributed by atoms with Crippen molar-refractivity contribution in [3.05, 3.63) is 30.1 Å². The second-order valence-corrected chi connectivity index (χ2v) is 5.92. The Morgan fingerprint density at radius 2 is 2.17 bits per heavy atom. The third-order valence-electron chi connectivity index (χ3n) is 4.39. The van der Waals surface area contributed by atoms with E-state index in [1.54, 1.807) is 4.90 Å². The molecule has 0 spiro atoms. The molecule has 7 nitrogen and oxygen atoms in total. The number of hydrogen-bond donors (Lipinski definition) is 2. The first-order valence-electron chi connectivity index (χ1n) is 7.78. The van der Waals surface area contributed by atoms with Gasteiger partial charge in [0, 0.05) is 20.1 Å². The number of aromatic nitrogens is 2. The van der Waals surface area contributed by atoms with Crippen molar-refractivity contribution < 1.29 is 9.59 Å². The van der Waals surface area contributed by atoms with Crippen molar-refractivity contribution in [3.63, 3.8) is 0 Å². The lowest BCUT2D eigenvalue weighted by Gasteiger charge is -2.31. The molecule has 1 saturated heterocycles. The maximum absolute atomic E-state index is 12.3. The van der Waals surface area contributed by atoms with Crippen LogP contribution in [-0.4, -0.2) is 39.5 Å². The molecule has 3 N–H and O–H groups in total. The number of imidazole rings is 1. The number of rotatable bonds is 3. The fourth-order valence-electron chi connectivity index (χ4n) is 3.01. The maximum atomic E-state index is 12.3. The minimum atomic E-state index is -0.335. The molecule has 2 heterocycles. The summed E-state index contributed by atoms with van der Waals surface area (Å²) in [6, 6.07) is 7.67.